The molecular weight excluding hydrogens is 363 g/mol. The number of rotatable bonds is 12. The molecule has 0 aliphatic rings. The van der Waals surface area contributed by atoms with E-state index in [1.54, 1.807) is 0 Å². The summed E-state index contributed by atoms with van der Waals surface area (Å²) in [6.07, 6.45) is 2.10. The SMILES string of the molecule is CC(N)COCCCCOCC(C)OCC(C)N.N.N.N.[Y]. The average Bonchev–Trinajstić information content (AvgIpc) is 2.29. The molecule has 0 rings (SSSR count). The number of nitrogens with two attached hydrogens (primary N) is 2. The van der Waals surface area contributed by atoms with Crippen LogP contribution in [0.2, 0.25) is 0 Å². The third kappa shape index (κ3) is 28.9. The molecule has 13 N–H and O–H groups in total. The molecule has 1 radical (unpaired) electrons. The van der Waals surface area contributed by atoms with Gasteiger partial charge in [-0.3, -0.25) is 0 Å². The zero-order valence-electron chi connectivity index (χ0n) is 14.8. The predicted molar refractivity (Wildman–Crippen MR) is 88.7 cm³/mol. The van der Waals surface area contributed by atoms with Crippen LogP contribution in [0.15, 0.2) is 0 Å². The van der Waals surface area contributed by atoms with Crippen LogP contribution >= 0.6 is 0 Å². The van der Waals surface area contributed by atoms with Gasteiger partial charge in [-0.2, -0.15) is 0 Å². The molecule has 0 saturated heterocycles. The fourth-order valence-corrected chi connectivity index (χ4v) is 1.29. The van der Waals surface area contributed by atoms with Gasteiger partial charge in [-0.15, -0.1) is 0 Å². The summed E-state index contributed by atoms with van der Waals surface area (Å²) < 4.78 is 16.4. The van der Waals surface area contributed by atoms with Crippen molar-refractivity contribution >= 4 is 0 Å². The Labute approximate surface area is 161 Å². The summed E-state index contributed by atoms with van der Waals surface area (Å²) in [5, 5.41) is 0. The van der Waals surface area contributed by atoms with Crippen molar-refractivity contribution in [3.8, 4) is 0 Å². The maximum absolute atomic E-state index is 5.60. The monoisotopic (exact) mass is 402 g/mol. The van der Waals surface area contributed by atoms with Gasteiger partial charge in [-0.1, -0.05) is 0 Å². The zero-order chi connectivity index (χ0) is 13.8. The summed E-state index contributed by atoms with van der Waals surface area (Å²) in [5.41, 5.74) is 11.2. The standard InChI is InChI=1S/C13H30N2O3.3H3N.Y/c1-11(14)8-16-6-4-5-7-17-10-13(3)18-9-12(2)15;;;;/h11-13H,4-10,14-15H2,1-3H3;3*1H3;. The van der Waals surface area contributed by atoms with Crippen molar-refractivity contribution in [2.24, 2.45) is 11.5 Å². The number of hydrogen-bond donors (Lipinski definition) is 5. The number of hydrogen-bond acceptors (Lipinski definition) is 8. The van der Waals surface area contributed by atoms with E-state index in [1.165, 1.54) is 0 Å². The second kappa shape index (κ2) is 24.0. The van der Waals surface area contributed by atoms with E-state index in [1.807, 2.05) is 20.8 Å². The predicted octanol–water partition coefficient (Wildman–Crippen LogP) is 1.38. The molecule has 0 aromatic rings. The van der Waals surface area contributed by atoms with Crippen LogP contribution in [0.3, 0.4) is 0 Å². The molecule has 0 fully saturated rings. The van der Waals surface area contributed by atoms with Crippen molar-refractivity contribution < 1.29 is 46.9 Å². The van der Waals surface area contributed by atoms with Gasteiger partial charge in [0.2, 0.25) is 0 Å². The van der Waals surface area contributed by atoms with E-state index < -0.39 is 0 Å². The summed E-state index contributed by atoms with van der Waals surface area (Å²) in [6, 6.07) is 0.193. The maximum atomic E-state index is 5.60. The minimum atomic E-state index is 0. The van der Waals surface area contributed by atoms with Crippen LogP contribution in [0, 0.1) is 0 Å². The van der Waals surface area contributed by atoms with E-state index in [-0.39, 0.29) is 69.3 Å². The quantitative estimate of drug-likeness (QED) is 0.303. The maximum Gasteiger partial charge on any atom is 0.0781 e. The third-order valence-electron chi connectivity index (χ3n) is 2.20. The van der Waals surface area contributed by atoms with E-state index in [0.717, 1.165) is 26.1 Å². The topological polar surface area (TPSA) is 185 Å². The second-order valence-corrected chi connectivity index (χ2v) is 4.96. The first-order chi connectivity index (χ1) is 8.52. The van der Waals surface area contributed by atoms with Gasteiger partial charge in [0.1, 0.15) is 0 Å². The first kappa shape index (κ1) is 34.2. The Morgan fingerprint density at radius 1 is 0.727 bits per heavy atom. The van der Waals surface area contributed by atoms with Gasteiger partial charge in [0.05, 0.1) is 25.9 Å². The van der Waals surface area contributed by atoms with Crippen molar-refractivity contribution in [3.63, 3.8) is 0 Å². The molecule has 8 nitrogen and oxygen atoms in total. The van der Waals surface area contributed by atoms with E-state index in [9.17, 15) is 0 Å². The molecule has 0 aliphatic heterocycles. The summed E-state index contributed by atoms with van der Waals surface area (Å²) in [4.78, 5) is 0. The van der Waals surface area contributed by atoms with Gasteiger partial charge in [-0.05, 0) is 33.6 Å². The number of unbranched alkanes of at least 4 members (excludes halogenated alkanes) is 1. The summed E-state index contributed by atoms with van der Waals surface area (Å²) in [5.74, 6) is 0. The van der Waals surface area contributed by atoms with Crippen LogP contribution in [0.4, 0.5) is 0 Å². The molecule has 137 valence electrons. The smallest absolute Gasteiger partial charge is 0.0781 e. The molecule has 3 unspecified atom stereocenters. The van der Waals surface area contributed by atoms with Gasteiger partial charge in [0, 0.05) is 58.0 Å². The van der Waals surface area contributed by atoms with Crippen molar-refractivity contribution in [2.75, 3.05) is 33.0 Å². The Morgan fingerprint density at radius 2 is 1.14 bits per heavy atom. The Hall–Kier alpha value is 0.784. The third-order valence-corrected chi connectivity index (χ3v) is 2.20. The van der Waals surface area contributed by atoms with Crippen molar-refractivity contribution in [1.82, 2.24) is 18.5 Å². The van der Waals surface area contributed by atoms with Crippen LogP contribution in [-0.4, -0.2) is 51.2 Å². The molecule has 0 saturated carbocycles. The Morgan fingerprint density at radius 3 is 1.55 bits per heavy atom. The molecule has 0 bridgehead atoms. The molecule has 0 aromatic carbocycles. The molecular formula is C13H39N5O3Y. The van der Waals surface area contributed by atoms with Gasteiger partial charge in [0.15, 0.2) is 0 Å². The van der Waals surface area contributed by atoms with Crippen molar-refractivity contribution in [1.29, 1.82) is 0 Å². The van der Waals surface area contributed by atoms with Crippen LogP contribution in [0.5, 0.6) is 0 Å². The molecule has 0 amide bonds. The largest absolute Gasteiger partial charge is 0.380 e. The zero-order valence-corrected chi connectivity index (χ0v) is 17.6. The molecule has 0 heterocycles. The van der Waals surface area contributed by atoms with Crippen LogP contribution in [0.25, 0.3) is 0 Å². The first-order valence-corrected chi connectivity index (χ1v) is 6.80. The van der Waals surface area contributed by atoms with E-state index in [2.05, 4.69) is 0 Å². The molecule has 3 atom stereocenters. The van der Waals surface area contributed by atoms with E-state index >= 15 is 0 Å². The fraction of sp³-hybridized carbons (Fsp3) is 1.00. The summed E-state index contributed by atoms with van der Waals surface area (Å²) in [7, 11) is 0. The Kier molecular flexibility index (Phi) is 37.4. The van der Waals surface area contributed by atoms with E-state index in [4.69, 9.17) is 25.7 Å². The van der Waals surface area contributed by atoms with Crippen molar-refractivity contribution in [3.05, 3.63) is 0 Å². The molecule has 0 spiro atoms. The van der Waals surface area contributed by atoms with Gasteiger partial charge in [0.25, 0.3) is 0 Å². The molecule has 0 aliphatic carbocycles. The van der Waals surface area contributed by atoms with E-state index in [0.29, 0.717) is 19.8 Å². The summed E-state index contributed by atoms with van der Waals surface area (Å²) >= 11 is 0. The minimum absolute atomic E-state index is 0. The van der Waals surface area contributed by atoms with Gasteiger partial charge >= 0.3 is 0 Å². The van der Waals surface area contributed by atoms with Gasteiger partial charge in [-0.25, -0.2) is 0 Å². The normalized spacial score (nSPS) is 13.5. The Bertz CT molecular complexity index is 191. The van der Waals surface area contributed by atoms with Crippen LogP contribution in [-0.2, 0) is 46.9 Å². The Balaban J connectivity index is -0.000000241. The molecule has 0 aromatic heterocycles. The minimum Gasteiger partial charge on any atom is -0.380 e. The van der Waals surface area contributed by atoms with Crippen LogP contribution < -0.4 is 29.9 Å². The van der Waals surface area contributed by atoms with Crippen molar-refractivity contribution in [2.45, 2.75) is 51.8 Å². The van der Waals surface area contributed by atoms with Crippen LogP contribution in [0.1, 0.15) is 33.6 Å². The second-order valence-electron chi connectivity index (χ2n) is 4.96. The molecule has 22 heavy (non-hydrogen) atoms. The first-order valence-electron chi connectivity index (χ1n) is 6.80. The fourth-order valence-electron chi connectivity index (χ4n) is 1.29. The average molecular weight is 402 g/mol. The van der Waals surface area contributed by atoms with Gasteiger partial charge < -0.3 is 44.1 Å². The number of ether oxygens (including phenoxy) is 3. The molecule has 9 heteroatoms. The summed E-state index contributed by atoms with van der Waals surface area (Å²) in [6.45, 7) is 9.18.